The summed E-state index contributed by atoms with van der Waals surface area (Å²) in [5.74, 6) is 0.995. The highest BCUT2D eigenvalue weighted by molar-refractivity contribution is 7.98. The summed E-state index contributed by atoms with van der Waals surface area (Å²) in [4.78, 5) is 40.3. The summed E-state index contributed by atoms with van der Waals surface area (Å²) in [6, 6.07) is 5.94. The number of nitrogens with zero attached hydrogens (tertiary/aromatic N) is 3. The molecule has 6 nitrogen and oxygen atoms in total. The molecule has 0 amide bonds. The molecule has 0 saturated heterocycles. The summed E-state index contributed by atoms with van der Waals surface area (Å²) < 4.78 is 2.20. The van der Waals surface area contributed by atoms with E-state index in [1.165, 1.54) is 39.3 Å². The summed E-state index contributed by atoms with van der Waals surface area (Å²) in [6.45, 7) is 2.05. The molecular weight excluding hydrogens is 445 g/mol. The summed E-state index contributed by atoms with van der Waals surface area (Å²) in [6.07, 6.45) is 0. The van der Waals surface area contributed by atoms with Crippen molar-refractivity contribution in [2.75, 3.05) is 0 Å². The van der Waals surface area contributed by atoms with Crippen LogP contribution in [0.5, 0.6) is 0 Å². The van der Waals surface area contributed by atoms with Gasteiger partial charge in [-0.25, -0.2) is 9.97 Å². The van der Waals surface area contributed by atoms with Gasteiger partial charge in [0.1, 0.15) is 15.4 Å². The standard InChI is InChI=1S/C19H14N4O2S4/c1-9-3-4-12(29-9)10-7-27-17-14(10)16(24)21-13(22-17)8-28-19-20-11-5-6-26-15(11)18(25)23(19)2/h3-7H,8H2,1-2H3,(H,21,22,24). The molecule has 0 aliphatic rings. The van der Waals surface area contributed by atoms with Crippen LogP contribution in [-0.2, 0) is 12.8 Å². The molecule has 1 N–H and O–H groups in total. The number of aromatic nitrogens is 4. The molecule has 10 heteroatoms. The topological polar surface area (TPSA) is 80.6 Å². The average Bonchev–Trinajstić information content (AvgIpc) is 3.42. The zero-order chi connectivity index (χ0) is 20.1. The number of H-pyrrole nitrogens is 1. The van der Waals surface area contributed by atoms with Gasteiger partial charge in [-0.2, -0.15) is 0 Å². The van der Waals surface area contributed by atoms with Gasteiger partial charge in [-0.05, 0) is 30.5 Å². The van der Waals surface area contributed by atoms with E-state index in [0.29, 0.717) is 32.3 Å². The number of rotatable bonds is 4. The van der Waals surface area contributed by atoms with Crippen molar-refractivity contribution in [2.45, 2.75) is 17.8 Å². The van der Waals surface area contributed by atoms with Crippen LogP contribution in [0, 0.1) is 6.92 Å². The van der Waals surface area contributed by atoms with E-state index in [1.54, 1.807) is 23.0 Å². The van der Waals surface area contributed by atoms with Crippen LogP contribution in [0.4, 0.5) is 0 Å². The van der Waals surface area contributed by atoms with Crippen LogP contribution < -0.4 is 11.1 Å². The smallest absolute Gasteiger partial charge is 0.271 e. The maximum Gasteiger partial charge on any atom is 0.271 e. The fourth-order valence-electron chi connectivity index (χ4n) is 3.05. The molecule has 0 unspecified atom stereocenters. The van der Waals surface area contributed by atoms with Crippen molar-refractivity contribution >= 4 is 66.2 Å². The highest BCUT2D eigenvalue weighted by Crippen LogP contribution is 2.35. The molecule has 0 fully saturated rings. The number of thioether (sulfide) groups is 1. The Bertz CT molecular complexity index is 1490. The Labute approximate surface area is 180 Å². The molecule has 0 radical (unpaired) electrons. The van der Waals surface area contributed by atoms with Gasteiger partial charge in [-0.1, -0.05) is 11.8 Å². The first-order chi connectivity index (χ1) is 14.0. The minimum Gasteiger partial charge on any atom is -0.309 e. The van der Waals surface area contributed by atoms with E-state index in [0.717, 1.165) is 15.3 Å². The van der Waals surface area contributed by atoms with Crippen molar-refractivity contribution in [1.29, 1.82) is 0 Å². The van der Waals surface area contributed by atoms with Crippen molar-refractivity contribution in [3.8, 4) is 10.4 Å². The lowest BCUT2D eigenvalue weighted by Gasteiger charge is -2.06. The van der Waals surface area contributed by atoms with E-state index in [2.05, 4.69) is 27.9 Å². The van der Waals surface area contributed by atoms with Crippen LogP contribution in [0.2, 0.25) is 0 Å². The van der Waals surface area contributed by atoms with E-state index >= 15 is 0 Å². The zero-order valence-electron chi connectivity index (χ0n) is 15.4. The molecule has 0 bridgehead atoms. The normalized spacial score (nSPS) is 11.7. The summed E-state index contributed by atoms with van der Waals surface area (Å²) in [5.41, 5.74) is 1.44. The second kappa shape index (κ2) is 7.21. The third-order valence-electron chi connectivity index (χ3n) is 4.48. The third-order valence-corrected chi connectivity index (χ3v) is 8.32. The van der Waals surface area contributed by atoms with Gasteiger partial charge in [0.25, 0.3) is 11.1 Å². The summed E-state index contributed by atoms with van der Waals surface area (Å²) in [5, 5.41) is 5.09. The van der Waals surface area contributed by atoms with E-state index in [1.807, 2.05) is 22.9 Å². The summed E-state index contributed by atoms with van der Waals surface area (Å²) in [7, 11) is 1.71. The van der Waals surface area contributed by atoms with Gasteiger partial charge < -0.3 is 4.98 Å². The molecule has 0 spiro atoms. The minimum atomic E-state index is -0.136. The Morgan fingerprint density at radius 2 is 2.03 bits per heavy atom. The maximum atomic E-state index is 12.8. The van der Waals surface area contributed by atoms with Crippen molar-refractivity contribution in [2.24, 2.45) is 7.05 Å². The Kier molecular flexibility index (Phi) is 4.66. The highest BCUT2D eigenvalue weighted by atomic mass is 32.2. The van der Waals surface area contributed by atoms with Crippen LogP contribution in [-0.4, -0.2) is 19.5 Å². The lowest BCUT2D eigenvalue weighted by atomic mass is 10.2. The highest BCUT2D eigenvalue weighted by Gasteiger charge is 2.15. The largest absolute Gasteiger partial charge is 0.309 e. The molecule has 5 rings (SSSR count). The quantitative estimate of drug-likeness (QED) is 0.314. The van der Waals surface area contributed by atoms with Crippen molar-refractivity contribution in [3.05, 3.63) is 60.4 Å². The molecule has 0 aliphatic carbocycles. The Morgan fingerprint density at radius 1 is 1.17 bits per heavy atom. The Hall–Kier alpha value is -2.27. The number of hydrogen-bond acceptors (Lipinski definition) is 8. The molecule has 29 heavy (non-hydrogen) atoms. The Balaban J connectivity index is 1.48. The van der Waals surface area contributed by atoms with Gasteiger partial charge in [0, 0.05) is 27.7 Å². The predicted molar refractivity (Wildman–Crippen MR) is 123 cm³/mol. The van der Waals surface area contributed by atoms with Crippen LogP contribution in [0.3, 0.4) is 0 Å². The maximum absolute atomic E-state index is 12.8. The van der Waals surface area contributed by atoms with Crippen molar-refractivity contribution < 1.29 is 0 Å². The lowest BCUT2D eigenvalue weighted by molar-refractivity contribution is 0.727. The van der Waals surface area contributed by atoms with E-state index < -0.39 is 0 Å². The van der Waals surface area contributed by atoms with Gasteiger partial charge in [0.15, 0.2) is 5.16 Å². The van der Waals surface area contributed by atoms with Gasteiger partial charge in [-0.15, -0.1) is 34.0 Å². The number of thiophene rings is 3. The van der Waals surface area contributed by atoms with Crippen molar-refractivity contribution in [3.63, 3.8) is 0 Å². The molecule has 146 valence electrons. The fraction of sp³-hybridized carbons (Fsp3) is 0.158. The van der Waals surface area contributed by atoms with E-state index in [9.17, 15) is 9.59 Å². The van der Waals surface area contributed by atoms with Gasteiger partial charge in [0.05, 0.1) is 16.7 Å². The number of hydrogen-bond donors (Lipinski definition) is 1. The van der Waals surface area contributed by atoms with Crippen molar-refractivity contribution in [1.82, 2.24) is 19.5 Å². The number of aromatic amines is 1. The van der Waals surface area contributed by atoms with Crippen LogP contribution in [0.15, 0.2) is 43.7 Å². The molecule has 0 saturated carbocycles. The molecule has 0 aliphatic heterocycles. The first kappa shape index (κ1) is 18.7. The van der Waals surface area contributed by atoms with Crippen LogP contribution in [0.25, 0.3) is 30.9 Å². The third kappa shape index (κ3) is 3.25. The Morgan fingerprint density at radius 3 is 2.83 bits per heavy atom. The first-order valence-corrected chi connectivity index (χ1v) is 12.2. The number of fused-ring (bicyclic) bond motifs is 2. The predicted octanol–water partition coefficient (Wildman–Crippen LogP) is 4.62. The van der Waals surface area contributed by atoms with Crippen LogP contribution >= 0.6 is 45.8 Å². The van der Waals surface area contributed by atoms with E-state index in [-0.39, 0.29) is 11.1 Å². The minimum absolute atomic E-state index is 0.0569. The molecule has 5 heterocycles. The first-order valence-electron chi connectivity index (χ1n) is 8.65. The summed E-state index contributed by atoms with van der Waals surface area (Å²) >= 11 is 5.92. The molecule has 5 aromatic heterocycles. The number of aryl methyl sites for hydroxylation is 1. The average molecular weight is 459 g/mol. The molecule has 0 aromatic carbocycles. The second-order valence-corrected chi connectivity index (χ2v) is 10.4. The molecular formula is C19H14N4O2S4. The number of nitrogens with one attached hydrogen (secondary N) is 1. The fourth-order valence-corrected chi connectivity index (χ4v) is 6.62. The lowest BCUT2D eigenvalue weighted by Crippen LogP contribution is -2.19. The monoisotopic (exact) mass is 458 g/mol. The zero-order valence-corrected chi connectivity index (χ0v) is 18.7. The molecule has 5 aromatic rings. The SMILES string of the molecule is Cc1ccc(-c2csc3nc(CSc4nc5ccsc5c(=O)n4C)[nH]c(=O)c23)s1. The van der Waals surface area contributed by atoms with Gasteiger partial charge in [0.2, 0.25) is 0 Å². The molecule has 0 atom stereocenters. The second-order valence-electron chi connectivity index (χ2n) is 6.43. The van der Waals surface area contributed by atoms with Crippen LogP contribution in [0.1, 0.15) is 10.7 Å². The van der Waals surface area contributed by atoms with Gasteiger partial charge >= 0.3 is 0 Å². The van der Waals surface area contributed by atoms with Gasteiger partial charge in [-0.3, -0.25) is 14.2 Å². The van der Waals surface area contributed by atoms with E-state index in [4.69, 9.17) is 0 Å².